The van der Waals surface area contributed by atoms with Gasteiger partial charge in [0.2, 0.25) is 0 Å². The largest absolute Gasteiger partial charge is 0.457 e. The van der Waals surface area contributed by atoms with E-state index in [1.165, 1.54) is 11.1 Å². The van der Waals surface area contributed by atoms with Crippen LogP contribution < -0.4 is 5.32 Å². The van der Waals surface area contributed by atoms with Crippen molar-refractivity contribution in [1.29, 1.82) is 0 Å². The molecule has 0 aliphatic heterocycles. The molecule has 3 nitrogen and oxygen atoms in total. The highest BCUT2D eigenvalue weighted by atomic mass is 79.9. The Hall–Kier alpha value is -1.07. The van der Waals surface area contributed by atoms with Crippen molar-refractivity contribution in [2.24, 2.45) is 0 Å². The number of amides is 1. The summed E-state index contributed by atoms with van der Waals surface area (Å²) >= 11 is 4.88. The molecule has 0 aliphatic carbocycles. The molecule has 2 aromatic heterocycles. The fraction of sp³-hybridized carbons (Fsp3) is 0.308. The highest BCUT2D eigenvalue weighted by Gasteiger charge is 2.18. The van der Waals surface area contributed by atoms with Gasteiger partial charge in [-0.25, -0.2) is 0 Å². The number of carbonyl (C=O) groups is 1. The summed E-state index contributed by atoms with van der Waals surface area (Å²) in [4.78, 5) is 13.3. The lowest BCUT2D eigenvalue weighted by atomic mass is 10.1. The minimum atomic E-state index is -0.109. The number of rotatable bonds is 5. The number of carbonyl (C=O) groups excluding carboxylic acids is 1. The Balaban J connectivity index is 2.10. The molecule has 0 spiro atoms. The van der Waals surface area contributed by atoms with Gasteiger partial charge in [-0.05, 0) is 39.9 Å². The number of furan rings is 1. The van der Waals surface area contributed by atoms with Crippen LogP contribution in [0, 0.1) is 0 Å². The van der Waals surface area contributed by atoms with Crippen molar-refractivity contribution in [3.8, 4) is 0 Å². The van der Waals surface area contributed by atoms with E-state index in [0.717, 1.165) is 12.8 Å². The van der Waals surface area contributed by atoms with Crippen LogP contribution in [0.5, 0.6) is 0 Å². The number of halogens is 1. The van der Waals surface area contributed by atoms with E-state index in [-0.39, 0.29) is 11.9 Å². The van der Waals surface area contributed by atoms with Gasteiger partial charge in [0.25, 0.3) is 5.91 Å². The third-order valence-corrected chi connectivity index (χ3v) is 4.23. The number of hydrogen-bond acceptors (Lipinski definition) is 3. The van der Waals surface area contributed by atoms with Gasteiger partial charge in [0.05, 0.1) is 17.9 Å². The minimum absolute atomic E-state index is 0.0734. The van der Waals surface area contributed by atoms with Crippen LogP contribution in [-0.2, 0) is 0 Å². The van der Waals surface area contributed by atoms with E-state index < -0.39 is 0 Å². The first-order valence-corrected chi connectivity index (χ1v) is 7.47. The smallest absolute Gasteiger partial charge is 0.256 e. The lowest BCUT2D eigenvalue weighted by Crippen LogP contribution is -2.27. The van der Waals surface area contributed by atoms with Gasteiger partial charge in [0, 0.05) is 4.88 Å². The molecular formula is C13H14BrNO2S. The van der Waals surface area contributed by atoms with E-state index in [2.05, 4.69) is 34.2 Å². The highest BCUT2D eigenvalue weighted by molar-refractivity contribution is 9.10. The first kappa shape index (κ1) is 13.4. The van der Waals surface area contributed by atoms with Crippen molar-refractivity contribution in [3.05, 3.63) is 45.0 Å². The number of nitrogens with one attached hydrogen (secondary N) is 1. The summed E-state index contributed by atoms with van der Waals surface area (Å²) in [7, 11) is 0. The zero-order chi connectivity index (χ0) is 13.0. The van der Waals surface area contributed by atoms with E-state index in [0.29, 0.717) is 10.2 Å². The quantitative estimate of drug-likeness (QED) is 0.885. The molecule has 0 fully saturated rings. The van der Waals surface area contributed by atoms with E-state index in [1.54, 1.807) is 17.4 Å². The molecule has 2 heterocycles. The molecule has 2 rings (SSSR count). The molecular weight excluding hydrogens is 314 g/mol. The van der Waals surface area contributed by atoms with Crippen molar-refractivity contribution >= 4 is 33.2 Å². The predicted molar refractivity (Wildman–Crippen MR) is 75.8 cm³/mol. The maximum atomic E-state index is 12.1. The van der Waals surface area contributed by atoms with Gasteiger partial charge in [0.1, 0.15) is 0 Å². The molecule has 96 valence electrons. The normalized spacial score (nSPS) is 12.3. The minimum Gasteiger partial charge on any atom is -0.457 e. The molecule has 1 atom stereocenters. The Kier molecular flexibility index (Phi) is 4.60. The Morgan fingerprint density at radius 2 is 2.39 bits per heavy atom. The molecule has 5 heteroatoms. The molecule has 2 aromatic rings. The molecule has 0 bridgehead atoms. The third-order valence-electron chi connectivity index (χ3n) is 2.63. The van der Waals surface area contributed by atoms with E-state index >= 15 is 0 Å². The van der Waals surface area contributed by atoms with Crippen LogP contribution >= 0.6 is 27.3 Å². The van der Waals surface area contributed by atoms with Gasteiger partial charge in [0.15, 0.2) is 4.67 Å². The lowest BCUT2D eigenvalue weighted by Gasteiger charge is -2.16. The molecule has 0 saturated carbocycles. The Morgan fingerprint density at radius 3 is 2.94 bits per heavy atom. The Morgan fingerprint density at radius 1 is 1.56 bits per heavy atom. The fourth-order valence-electron chi connectivity index (χ4n) is 1.76. The molecule has 0 aliphatic rings. The summed E-state index contributed by atoms with van der Waals surface area (Å²) in [6.45, 7) is 2.11. The van der Waals surface area contributed by atoms with Crippen molar-refractivity contribution in [2.45, 2.75) is 25.8 Å². The van der Waals surface area contributed by atoms with Gasteiger partial charge in [-0.1, -0.05) is 19.4 Å². The average Bonchev–Trinajstić information content (AvgIpc) is 2.98. The first-order valence-electron chi connectivity index (χ1n) is 5.79. The SMILES string of the molecule is CCCC(NC(=O)c1ccoc1Br)c1cccs1. The van der Waals surface area contributed by atoms with Crippen LogP contribution in [0.15, 0.2) is 38.9 Å². The van der Waals surface area contributed by atoms with Gasteiger partial charge in [-0.15, -0.1) is 11.3 Å². The van der Waals surface area contributed by atoms with Crippen molar-refractivity contribution in [2.75, 3.05) is 0 Å². The zero-order valence-corrected chi connectivity index (χ0v) is 12.4. The molecule has 0 saturated heterocycles. The standard InChI is InChI=1S/C13H14BrNO2S/c1-2-4-10(11-5-3-8-18-11)15-13(16)9-6-7-17-12(9)14/h3,5-8,10H,2,4H2,1H3,(H,15,16). The fourth-order valence-corrected chi connectivity index (χ4v) is 2.99. The van der Waals surface area contributed by atoms with Crippen LogP contribution in [-0.4, -0.2) is 5.91 Å². The zero-order valence-electron chi connectivity index (χ0n) is 9.98. The van der Waals surface area contributed by atoms with Crippen LogP contribution in [0.3, 0.4) is 0 Å². The second kappa shape index (κ2) is 6.20. The Bertz CT molecular complexity index is 507. The Labute approximate surface area is 118 Å². The van der Waals surface area contributed by atoms with Crippen LogP contribution in [0.4, 0.5) is 0 Å². The van der Waals surface area contributed by atoms with Crippen molar-refractivity contribution in [1.82, 2.24) is 5.32 Å². The molecule has 0 aromatic carbocycles. The molecule has 18 heavy (non-hydrogen) atoms. The van der Waals surface area contributed by atoms with Gasteiger partial charge < -0.3 is 9.73 Å². The summed E-state index contributed by atoms with van der Waals surface area (Å²) in [5.74, 6) is -0.109. The molecule has 0 radical (unpaired) electrons. The average molecular weight is 328 g/mol. The van der Waals surface area contributed by atoms with E-state index in [9.17, 15) is 4.79 Å². The van der Waals surface area contributed by atoms with Crippen LogP contribution in [0.25, 0.3) is 0 Å². The lowest BCUT2D eigenvalue weighted by molar-refractivity contribution is 0.0933. The van der Waals surface area contributed by atoms with E-state index in [4.69, 9.17) is 4.42 Å². The van der Waals surface area contributed by atoms with E-state index in [1.807, 2.05) is 11.4 Å². The maximum Gasteiger partial charge on any atom is 0.256 e. The number of hydrogen-bond donors (Lipinski definition) is 1. The van der Waals surface area contributed by atoms with Gasteiger partial charge >= 0.3 is 0 Å². The first-order chi connectivity index (χ1) is 8.72. The van der Waals surface area contributed by atoms with Crippen molar-refractivity contribution in [3.63, 3.8) is 0 Å². The molecule has 1 amide bonds. The third kappa shape index (κ3) is 3.03. The summed E-state index contributed by atoms with van der Waals surface area (Å²) in [5.41, 5.74) is 0.535. The highest BCUT2D eigenvalue weighted by Crippen LogP contribution is 2.25. The van der Waals surface area contributed by atoms with Crippen LogP contribution in [0.2, 0.25) is 0 Å². The van der Waals surface area contributed by atoms with Gasteiger partial charge in [-0.2, -0.15) is 0 Å². The van der Waals surface area contributed by atoms with Crippen molar-refractivity contribution < 1.29 is 9.21 Å². The van der Waals surface area contributed by atoms with Gasteiger partial charge in [-0.3, -0.25) is 4.79 Å². The monoisotopic (exact) mass is 327 g/mol. The predicted octanol–water partition coefficient (Wildman–Crippen LogP) is 4.37. The summed E-state index contributed by atoms with van der Waals surface area (Å²) in [6.07, 6.45) is 3.45. The maximum absolute atomic E-state index is 12.1. The number of thiophene rings is 1. The summed E-state index contributed by atoms with van der Waals surface area (Å²) in [5, 5.41) is 5.07. The summed E-state index contributed by atoms with van der Waals surface area (Å²) < 4.78 is 5.55. The second-order valence-electron chi connectivity index (χ2n) is 3.94. The topological polar surface area (TPSA) is 42.2 Å². The summed E-state index contributed by atoms with van der Waals surface area (Å²) in [6, 6.07) is 5.79. The second-order valence-corrected chi connectivity index (χ2v) is 5.64. The molecule has 1 N–H and O–H groups in total. The molecule has 1 unspecified atom stereocenters. The van der Waals surface area contributed by atoms with Crippen LogP contribution in [0.1, 0.15) is 41.0 Å².